The molecule has 0 unspecified atom stereocenters. The van der Waals surface area contributed by atoms with E-state index in [1.165, 1.54) is 13.2 Å². The predicted octanol–water partition coefficient (Wildman–Crippen LogP) is 3.23. The van der Waals surface area contributed by atoms with E-state index in [0.717, 1.165) is 11.3 Å². The number of amides is 2. The number of ketones is 1. The van der Waals surface area contributed by atoms with E-state index in [4.69, 9.17) is 21.1 Å². The van der Waals surface area contributed by atoms with E-state index < -0.39 is 11.8 Å². The highest BCUT2D eigenvalue weighted by atomic mass is 35.5. The molecule has 0 aliphatic rings. The van der Waals surface area contributed by atoms with E-state index in [1.54, 1.807) is 24.3 Å². The van der Waals surface area contributed by atoms with Crippen LogP contribution in [0.25, 0.3) is 0 Å². The first-order valence-corrected chi connectivity index (χ1v) is 9.32. The lowest BCUT2D eigenvalue weighted by Gasteiger charge is -2.11. The molecule has 0 saturated carbocycles. The van der Waals surface area contributed by atoms with E-state index in [1.807, 2.05) is 6.92 Å². The van der Waals surface area contributed by atoms with Crippen LogP contribution < -0.4 is 20.3 Å². The number of carbonyl (C=O) groups is 3. The van der Waals surface area contributed by atoms with Crippen molar-refractivity contribution in [3.8, 4) is 11.5 Å². The summed E-state index contributed by atoms with van der Waals surface area (Å²) < 4.78 is 11.1. The summed E-state index contributed by atoms with van der Waals surface area (Å²) in [6.07, 6.45) is -0.0311. The topological polar surface area (TPSA) is 93.7 Å². The first-order valence-electron chi connectivity index (χ1n) is 8.13. The number of hydrogen-bond acceptors (Lipinski definition) is 6. The molecule has 2 amide bonds. The van der Waals surface area contributed by atoms with Gasteiger partial charge in [0.15, 0.2) is 17.3 Å². The third kappa shape index (κ3) is 5.97. The van der Waals surface area contributed by atoms with Crippen LogP contribution in [0, 0.1) is 0 Å². The molecule has 0 aliphatic carbocycles. The molecule has 0 saturated heterocycles. The number of hydrazine groups is 1. The fraction of sp³-hybridized carbons (Fsp3) is 0.278. The van der Waals surface area contributed by atoms with E-state index in [0.29, 0.717) is 32.9 Å². The van der Waals surface area contributed by atoms with Crippen LogP contribution in [0.3, 0.4) is 0 Å². The maximum absolute atomic E-state index is 12.1. The molecule has 0 atom stereocenters. The van der Waals surface area contributed by atoms with Gasteiger partial charge in [-0.15, -0.1) is 11.3 Å². The SMILES string of the molecule is CCOc1ccc(C(=O)NNC(=O)CCC(=O)c2ccc(Cl)s2)cc1OC. The molecule has 9 heteroatoms. The van der Waals surface area contributed by atoms with Crippen molar-refractivity contribution in [2.24, 2.45) is 0 Å². The Morgan fingerprint density at radius 1 is 1.07 bits per heavy atom. The van der Waals surface area contributed by atoms with Crippen LogP contribution >= 0.6 is 22.9 Å². The Morgan fingerprint density at radius 3 is 2.48 bits per heavy atom. The number of methoxy groups -OCH3 is 1. The van der Waals surface area contributed by atoms with Crippen molar-refractivity contribution in [1.82, 2.24) is 10.9 Å². The van der Waals surface area contributed by atoms with Gasteiger partial charge in [-0.3, -0.25) is 25.2 Å². The second kappa shape index (κ2) is 9.94. The molecule has 2 N–H and O–H groups in total. The molecule has 2 aromatic rings. The average Bonchev–Trinajstić information content (AvgIpc) is 3.11. The summed E-state index contributed by atoms with van der Waals surface area (Å²) in [4.78, 5) is 36.4. The fourth-order valence-electron chi connectivity index (χ4n) is 2.16. The third-order valence-corrected chi connectivity index (χ3v) is 4.74. The number of benzene rings is 1. The summed E-state index contributed by atoms with van der Waals surface area (Å²) in [5.41, 5.74) is 4.88. The van der Waals surface area contributed by atoms with Crippen molar-refractivity contribution in [2.75, 3.05) is 13.7 Å². The minimum Gasteiger partial charge on any atom is -0.493 e. The number of rotatable bonds is 8. The molecule has 1 aromatic heterocycles. The van der Waals surface area contributed by atoms with E-state index in [9.17, 15) is 14.4 Å². The van der Waals surface area contributed by atoms with Crippen molar-refractivity contribution < 1.29 is 23.9 Å². The highest BCUT2D eigenvalue weighted by Crippen LogP contribution is 2.28. The Labute approximate surface area is 165 Å². The zero-order chi connectivity index (χ0) is 19.8. The molecule has 2 rings (SSSR count). The number of halogens is 1. The maximum atomic E-state index is 12.1. The van der Waals surface area contributed by atoms with Gasteiger partial charge in [-0.1, -0.05) is 11.6 Å². The zero-order valence-electron chi connectivity index (χ0n) is 14.8. The Morgan fingerprint density at radius 2 is 1.85 bits per heavy atom. The zero-order valence-corrected chi connectivity index (χ0v) is 16.4. The Kier molecular flexibility index (Phi) is 7.63. The van der Waals surface area contributed by atoms with Crippen LogP contribution in [0.2, 0.25) is 4.34 Å². The van der Waals surface area contributed by atoms with Gasteiger partial charge in [0.2, 0.25) is 5.91 Å². The van der Waals surface area contributed by atoms with Crippen LogP contribution in [0.1, 0.15) is 39.8 Å². The Bertz CT molecular complexity index is 837. The summed E-state index contributed by atoms with van der Waals surface area (Å²) in [6.45, 7) is 2.31. The second-order valence-corrected chi connectivity index (χ2v) is 7.04. The van der Waals surface area contributed by atoms with Gasteiger partial charge in [0.25, 0.3) is 5.91 Å². The number of Topliss-reactive ketones (excluding diaryl/α,β-unsaturated/α-hetero) is 1. The molecule has 0 spiro atoms. The molecule has 144 valence electrons. The monoisotopic (exact) mass is 410 g/mol. The molecule has 0 fully saturated rings. The summed E-state index contributed by atoms with van der Waals surface area (Å²) in [5, 5.41) is 0. The molecule has 0 aliphatic heterocycles. The number of carbonyl (C=O) groups excluding carboxylic acids is 3. The normalized spacial score (nSPS) is 10.2. The lowest BCUT2D eigenvalue weighted by atomic mass is 10.2. The number of thiophene rings is 1. The summed E-state index contributed by atoms with van der Waals surface area (Å²) >= 11 is 6.94. The summed E-state index contributed by atoms with van der Waals surface area (Å²) in [7, 11) is 1.47. The number of nitrogens with one attached hydrogen (secondary N) is 2. The van der Waals surface area contributed by atoms with E-state index in [-0.39, 0.29) is 18.6 Å². The van der Waals surface area contributed by atoms with Crippen LogP contribution in [-0.4, -0.2) is 31.3 Å². The van der Waals surface area contributed by atoms with Gasteiger partial charge in [0, 0.05) is 18.4 Å². The van der Waals surface area contributed by atoms with Crippen LogP contribution in [0.5, 0.6) is 11.5 Å². The average molecular weight is 411 g/mol. The van der Waals surface area contributed by atoms with Crippen LogP contribution in [-0.2, 0) is 4.79 Å². The highest BCUT2D eigenvalue weighted by molar-refractivity contribution is 7.18. The molecule has 27 heavy (non-hydrogen) atoms. The lowest BCUT2D eigenvalue weighted by Crippen LogP contribution is -2.41. The van der Waals surface area contributed by atoms with Gasteiger partial charge >= 0.3 is 0 Å². The molecule has 0 bridgehead atoms. The standard InChI is InChI=1S/C18H19ClN2O5S/c1-3-26-13-6-4-11(10-14(13)25-2)18(24)21-20-17(23)9-5-12(22)15-7-8-16(19)27-15/h4,6-8,10H,3,5,9H2,1-2H3,(H,20,23)(H,21,24). The van der Waals surface area contributed by atoms with Gasteiger partial charge < -0.3 is 9.47 Å². The Hall–Kier alpha value is -2.58. The predicted molar refractivity (Wildman–Crippen MR) is 103 cm³/mol. The van der Waals surface area contributed by atoms with Gasteiger partial charge in [-0.25, -0.2) is 0 Å². The number of ether oxygens (including phenoxy) is 2. The fourth-order valence-corrected chi connectivity index (χ4v) is 3.17. The molecular weight excluding hydrogens is 392 g/mol. The molecular formula is C18H19ClN2O5S. The van der Waals surface area contributed by atoms with Gasteiger partial charge in [-0.2, -0.15) is 0 Å². The molecule has 1 aromatic carbocycles. The van der Waals surface area contributed by atoms with Gasteiger partial charge in [0.05, 0.1) is 22.9 Å². The Balaban J connectivity index is 1.84. The van der Waals surface area contributed by atoms with E-state index in [2.05, 4.69) is 10.9 Å². The van der Waals surface area contributed by atoms with Crippen LogP contribution in [0.4, 0.5) is 0 Å². The summed E-state index contributed by atoms with van der Waals surface area (Å²) in [6, 6.07) is 7.93. The summed E-state index contributed by atoms with van der Waals surface area (Å²) in [5.74, 6) is -0.230. The second-order valence-electron chi connectivity index (χ2n) is 5.33. The smallest absolute Gasteiger partial charge is 0.269 e. The van der Waals surface area contributed by atoms with Crippen molar-refractivity contribution in [3.05, 3.63) is 45.1 Å². The van der Waals surface area contributed by atoms with Crippen molar-refractivity contribution >= 4 is 40.5 Å². The maximum Gasteiger partial charge on any atom is 0.269 e. The van der Waals surface area contributed by atoms with Crippen LogP contribution in [0.15, 0.2) is 30.3 Å². The van der Waals surface area contributed by atoms with Crippen molar-refractivity contribution in [2.45, 2.75) is 19.8 Å². The molecule has 7 nitrogen and oxygen atoms in total. The first-order chi connectivity index (χ1) is 12.9. The lowest BCUT2D eigenvalue weighted by molar-refractivity contribution is -0.121. The largest absolute Gasteiger partial charge is 0.493 e. The quantitative estimate of drug-likeness (QED) is 0.514. The third-order valence-electron chi connectivity index (χ3n) is 3.47. The van der Waals surface area contributed by atoms with Gasteiger partial charge in [-0.05, 0) is 37.3 Å². The molecule has 1 heterocycles. The first kappa shape index (κ1) is 20.7. The minimum atomic E-state index is -0.513. The van der Waals surface area contributed by atoms with Crippen molar-refractivity contribution in [1.29, 1.82) is 0 Å². The minimum absolute atomic E-state index is 0.0232. The van der Waals surface area contributed by atoms with Gasteiger partial charge in [0.1, 0.15) is 0 Å². The number of hydrogen-bond donors (Lipinski definition) is 2. The molecule has 0 radical (unpaired) electrons. The van der Waals surface area contributed by atoms with Crippen molar-refractivity contribution in [3.63, 3.8) is 0 Å². The highest BCUT2D eigenvalue weighted by Gasteiger charge is 2.14. The van der Waals surface area contributed by atoms with E-state index >= 15 is 0 Å².